The lowest BCUT2D eigenvalue weighted by atomic mass is 10.0. The van der Waals surface area contributed by atoms with Crippen LogP contribution in [0.3, 0.4) is 0 Å². The van der Waals surface area contributed by atoms with Crippen molar-refractivity contribution in [3.8, 4) is 5.75 Å². The zero-order chi connectivity index (χ0) is 17.6. The minimum Gasteiger partial charge on any atom is -0.497 e. The summed E-state index contributed by atoms with van der Waals surface area (Å²) >= 11 is 3.43. The molecule has 0 saturated carbocycles. The molecule has 0 bridgehead atoms. The molecule has 1 heterocycles. The van der Waals surface area contributed by atoms with Crippen molar-refractivity contribution in [1.82, 2.24) is 0 Å². The molecule has 0 aromatic heterocycles. The summed E-state index contributed by atoms with van der Waals surface area (Å²) in [5, 5.41) is 0. The molecule has 2 nitrogen and oxygen atoms in total. The second-order valence-electron chi connectivity index (χ2n) is 5.34. The highest BCUT2D eigenvalue weighted by Crippen LogP contribution is 2.42. The van der Waals surface area contributed by atoms with Crippen molar-refractivity contribution in [3.63, 3.8) is 0 Å². The molecule has 1 aliphatic rings. The summed E-state index contributed by atoms with van der Waals surface area (Å²) in [6, 6.07) is 13.6. The van der Waals surface area contributed by atoms with Gasteiger partial charge < -0.3 is 4.74 Å². The molecule has 0 N–H and O–H groups in total. The van der Waals surface area contributed by atoms with E-state index < -0.39 is 0 Å². The van der Waals surface area contributed by atoms with Gasteiger partial charge in [-0.15, -0.1) is 23.5 Å². The summed E-state index contributed by atoms with van der Waals surface area (Å²) < 4.78 is 19.2. The first-order chi connectivity index (χ1) is 12.2. The Labute approximate surface area is 155 Å². The molecule has 5 heteroatoms. The van der Waals surface area contributed by atoms with Crippen LogP contribution in [0, 0.1) is 5.82 Å². The van der Waals surface area contributed by atoms with E-state index >= 15 is 0 Å². The number of ketones is 1. The number of carbonyl (C=O) groups is 1. The SMILES string of the molecule is COc1ccc(C(C(=O)/C=C/c2ccc(F)cc2)=C2SCCS2)cc1. The zero-order valence-electron chi connectivity index (χ0n) is 13.7. The van der Waals surface area contributed by atoms with Crippen LogP contribution in [-0.4, -0.2) is 24.4 Å². The van der Waals surface area contributed by atoms with Gasteiger partial charge in [0.2, 0.25) is 0 Å². The Balaban J connectivity index is 1.90. The quantitative estimate of drug-likeness (QED) is 0.668. The van der Waals surface area contributed by atoms with E-state index in [0.29, 0.717) is 5.57 Å². The fourth-order valence-electron chi connectivity index (χ4n) is 2.40. The first-order valence-corrected chi connectivity index (χ1v) is 9.77. The Bertz CT molecular complexity index is 801. The van der Waals surface area contributed by atoms with Crippen molar-refractivity contribution >= 4 is 41.0 Å². The molecule has 2 aromatic carbocycles. The number of hydrogen-bond donors (Lipinski definition) is 0. The fourth-order valence-corrected chi connectivity index (χ4v) is 5.00. The second-order valence-corrected chi connectivity index (χ2v) is 7.81. The van der Waals surface area contributed by atoms with Crippen molar-refractivity contribution in [1.29, 1.82) is 0 Å². The number of ether oxygens (including phenoxy) is 1. The lowest BCUT2D eigenvalue weighted by molar-refractivity contribution is -0.109. The molecule has 3 rings (SSSR count). The maximum absolute atomic E-state index is 13.0. The molecular weight excluding hydrogens is 355 g/mol. The lowest BCUT2D eigenvalue weighted by Gasteiger charge is -2.09. The van der Waals surface area contributed by atoms with Gasteiger partial charge in [0.15, 0.2) is 5.78 Å². The topological polar surface area (TPSA) is 26.3 Å². The van der Waals surface area contributed by atoms with Crippen molar-refractivity contribution in [2.75, 3.05) is 18.6 Å². The van der Waals surface area contributed by atoms with E-state index in [1.54, 1.807) is 54.9 Å². The molecule has 0 atom stereocenters. The van der Waals surface area contributed by atoms with Crippen molar-refractivity contribution in [2.45, 2.75) is 0 Å². The van der Waals surface area contributed by atoms with E-state index in [1.807, 2.05) is 24.3 Å². The van der Waals surface area contributed by atoms with Gasteiger partial charge in [0.05, 0.1) is 11.3 Å². The number of halogens is 1. The average Bonchev–Trinajstić information content (AvgIpc) is 3.16. The van der Waals surface area contributed by atoms with Crippen LogP contribution >= 0.6 is 23.5 Å². The molecule has 0 amide bonds. The van der Waals surface area contributed by atoms with E-state index in [2.05, 4.69) is 0 Å². The van der Waals surface area contributed by atoms with Crippen molar-refractivity contribution < 1.29 is 13.9 Å². The monoisotopic (exact) mass is 372 g/mol. The highest BCUT2D eigenvalue weighted by atomic mass is 32.2. The number of thioether (sulfide) groups is 2. The van der Waals surface area contributed by atoms with E-state index in [1.165, 1.54) is 12.1 Å². The minimum atomic E-state index is -0.289. The summed E-state index contributed by atoms with van der Waals surface area (Å²) in [7, 11) is 1.62. The molecule has 1 fully saturated rings. The largest absolute Gasteiger partial charge is 0.497 e. The molecule has 2 aromatic rings. The van der Waals surface area contributed by atoms with Crippen LogP contribution < -0.4 is 4.74 Å². The second kappa shape index (κ2) is 8.41. The van der Waals surface area contributed by atoms with Gasteiger partial charge in [0, 0.05) is 17.1 Å². The van der Waals surface area contributed by atoms with Gasteiger partial charge >= 0.3 is 0 Å². The molecule has 1 saturated heterocycles. The van der Waals surface area contributed by atoms with E-state index in [9.17, 15) is 9.18 Å². The molecule has 25 heavy (non-hydrogen) atoms. The molecule has 128 valence electrons. The van der Waals surface area contributed by atoms with Gasteiger partial charge in [-0.2, -0.15) is 0 Å². The summed E-state index contributed by atoms with van der Waals surface area (Å²) in [6.07, 6.45) is 3.27. The van der Waals surface area contributed by atoms with Crippen LogP contribution in [-0.2, 0) is 4.79 Å². The number of methoxy groups -OCH3 is 1. The van der Waals surface area contributed by atoms with Crippen LogP contribution in [0.1, 0.15) is 11.1 Å². The Morgan fingerprint density at radius 2 is 1.68 bits per heavy atom. The third kappa shape index (κ3) is 4.55. The molecular formula is C20H17FO2S2. The highest BCUT2D eigenvalue weighted by molar-refractivity contribution is 8.25. The normalized spacial score (nSPS) is 14.1. The lowest BCUT2D eigenvalue weighted by Crippen LogP contribution is -2.00. The van der Waals surface area contributed by atoms with E-state index in [-0.39, 0.29) is 11.6 Å². The Hall–Kier alpha value is -1.98. The summed E-state index contributed by atoms with van der Waals surface area (Å²) in [6.45, 7) is 0. The molecule has 0 aliphatic carbocycles. The van der Waals surface area contributed by atoms with Gasteiger partial charge in [-0.25, -0.2) is 4.39 Å². The fraction of sp³-hybridized carbons (Fsp3) is 0.150. The van der Waals surface area contributed by atoms with Gasteiger partial charge in [0.25, 0.3) is 0 Å². The van der Waals surface area contributed by atoms with Crippen LogP contribution in [0.25, 0.3) is 11.6 Å². The Kier molecular flexibility index (Phi) is 6.00. The van der Waals surface area contributed by atoms with Crippen molar-refractivity contribution in [3.05, 3.63) is 75.8 Å². The van der Waals surface area contributed by atoms with E-state index in [0.717, 1.165) is 32.6 Å². The highest BCUT2D eigenvalue weighted by Gasteiger charge is 2.20. The maximum Gasteiger partial charge on any atom is 0.188 e. The van der Waals surface area contributed by atoms with Crippen LogP contribution in [0.2, 0.25) is 0 Å². The maximum atomic E-state index is 13.0. The molecule has 0 radical (unpaired) electrons. The minimum absolute atomic E-state index is 0.0496. The number of benzene rings is 2. The van der Waals surface area contributed by atoms with Gasteiger partial charge in [0.1, 0.15) is 11.6 Å². The third-order valence-electron chi connectivity index (χ3n) is 3.68. The van der Waals surface area contributed by atoms with Crippen LogP contribution in [0.4, 0.5) is 4.39 Å². The summed E-state index contributed by atoms with van der Waals surface area (Å²) in [5.74, 6) is 2.44. The third-order valence-corrected chi connectivity index (χ3v) is 6.39. The van der Waals surface area contributed by atoms with Crippen LogP contribution in [0.15, 0.2) is 58.8 Å². The molecule has 0 spiro atoms. The van der Waals surface area contributed by atoms with Crippen LogP contribution in [0.5, 0.6) is 5.75 Å². The first kappa shape index (κ1) is 17.8. The number of hydrogen-bond acceptors (Lipinski definition) is 4. The van der Waals surface area contributed by atoms with E-state index in [4.69, 9.17) is 4.74 Å². The smallest absolute Gasteiger partial charge is 0.188 e. The Morgan fingerprint density at radius 1 is 1.04 bits per heavy atom. The Morgan fingerprint density at radius 3 is 2.28 bits per heavy atom. The molecule has 0 unspecified atom stereocenters. The summed E-state index contributed by atoms with van der Waals surface area (Å²) in [4.78, 5) is 12.8. The van der Waals surface area contributed by atoms with Gasteiger partial charge in [-0.3, -0.25) is 4.79 Å². The zero-order valence-corrected chi connectivity index (χ0v) is 15.3. The van der Waals surface area contributed by atoms with Gasteiger partial charge in [-0.1, -0.05) is 30.3 Å². The predicted octanol–water partition coefficient (Wildman–Crippen LogP) is 5.27. The standard InChI is InChI=1S/C20H17FO2S2/c1-23-17-9-5-15(6-10-17)19(20-24-12-13-25-20)18(22)11-4-14-2-7-16(21)8-3-14/h2-11H,12-13H2,1H3/b11-4+. The average molecular weight is 372 g/mol. The number of rotatable bonds is 5. The number of allylic oxidation sites excluding steroid dienone is 2. The first-order valence-electron chi connectivity index (χ1n) is 7.79. The van der Waals surface area contributed by atoms with Gasteiger partial charge in [-0.05, 0) is 41.5 Å². The molecule has 1 aliphatic heterocycles. The van der Waals surface area contributed by atoms with Crippen molar-refractivity contribution in [2.24, 2.45) is 0 Å². The number of carbonyl (C=O) groups excluding carboxylic acids is 1. The summed E-state index contributed by atoms with van der Waals surface area (Å²) in [5.41, 5.74) is 2.39. The predicted molar refractivity (Wildman–Crippen MR) is 105 cm³/mol.